The summed E-state index contributed by atoms with van der Waals surface area (Å²) in [6.07, 6.45) is 0. The lowest BCUT2D eigenvalue weighted by Crippen LogP contribution is -2.90. The van der Waals surface area contributed by atoms with Crippen LogP contribution >= 0.6 is 0 Å². The molecule has 0 aromatic heterocycles. The Bertz CT molecular complexity index is 690. The summed E-state index contributed by atoms with van der Waals surface area (Å²) < 4.78 is 5.69. The third-order valence-electron chi connectivity index (χ3n) is 4.99. The number of carbonyl (C=O) groups excluding carboxylic acids is 1. The van der Waals surface area contributed by atoms with E-state index in [4.69, 9.17) is 4.74 Å². The molecule has 0 aliphatic carbocycles. The molecule has 0 radical (unpaired) electrons. The maximum absolute atomic E-state index is 12.2. The topological polar surface area (TPSA) is 46.1 Å². The number of ether oxygens (including phenoxy) is 1. The van der Waals surface area contributed by atoms with E-state index in [1.807, 2.05) is 23.1 Å². The number of hydrogen-bond acceptors (Lipinski definition) is 2. The Hall–Kier alpha value is -2.33. The second-order valence-corrected chi connectivity index (χ2v) is 7.05. The first-order valence-electron chi connectivity index (χ1n) is 8.96. The van der Waals surface area contributed by atoms with Crippen molar-refractivity contribution in [3.63, 3.8) is 0 Å². The van der Waals surface area contributed by atoms with Crippen molar-refractivity contribution in [1.29, 1.82) is 0 Å². The van der Waals surface area contributed by atoms with Crippen LogP contribution in [0.2, 0.25) is 0 Å². The number of piperazine rings is 1. The van der Waals surface area contributed by atoms with Gasteiger partial charge in [-0.3, -0.25) is 4.79 Å². The highest BCUT2D eigenvalue weighted by molar-refractivity contribution is 5.77. The first-order valence-corrected chi connectivity index (χ1v) is 8.96. The van der Waals surface area contributed by atoms with Crippen LogP contribution in [0.5, 0.6) is 5.75 Å². The minimum Gasteiger partial charge on any atom is -0.484 e. The van der Waals surface area contributed by atoms with Crippen LogP contribution in [0.25, 0.3) is 0 Å². The van der Waals surface area contributed by atoms with E-state index in [2.05, 4.69) is 55.6 Å². The largest absolute Gasteiger partial charge is 0.484 e. The molecule has 1 saturated heterocycles. The maximum Gasteiger partial charge on any atom is 0.260 e. The average molecular weight is 339 g/mol. The van der Waals surface area contributed by atoms with Crippen molar-refractivity contribution in [3.05, 3.63) is 65.7 Å². The minimum absolute atomic E-state index is 0.0695. The van der Waals surface area contributed by atoms with E-state index in [0.717, 1.165) is 31.9 Å². The van der Waals surface area contributed by atoms with Crippen LogP contribution in [0.15, 0.2) is 54.6 Å². The SMILES string of the molecule is CC(C)(c1ccccc1)c1ccc(OCC(=O)N2CC[NH2+]CC2)cc1. The fourth-order valence-electron chi connectivity index (χ4n) is 3.23. The van der Waals surface area contributed by atoms with Gasteiger partial charge < -0.3 is 15.0 Å². The van der Waals surface area contributed by atoms with Crippen LogP contribution in [-0.2, 0) is 10.2 Å². The maximum atomic E-state index is 12.2. The third-order valence-corrected chi connectivity index (χ3v) is 4.99. The Kier molecular flexibility index (Phi) is 5.39. The summed E-state index contributed by atoms with van der Waals surface area (Å²) >= 11 is 0. The molecule has 0 atom stereocenters. The molecule has 1 aliphatic heterocycles. The monoisotopic (exact) mass is 339 g/mol. The van der Waals surface area contributed by atoms with Crippen molar-refractivity contribution in [1.82, 2.24) is 4.90 Å². The molecule has 25 heavy (non-hydrogen) atoms. The van der Waals surface area contributed by atoms with Gasteiger partial charge in [-0.25, -0.2) is 0 Å². The first-order chi connectivity index (χ1) is 12.1. The highest BCUT2D eigenvalue weighted by Crippen LogP contribution is 2.32. The zero-order valence-corrected chi connectivity index (χ0v) is 15.1. The van der Waals surface area contributed by atoms with Crippen LogP contribution in [0, 0.1) is 0 Å². The van der Waals surface area contributed by atoms with E-state index >= 15 is 0 Å². The molecule has 132 valence electrons. The molecule has 1 amide bonds. The van der Waals surface area contributed by atoms with Gasteiger partial charge in [0.1, 0.15) is 5.75 Å². The van der Waals surface area contributed by atoms with Crippen LogP contribution < -0.4 is 10.1 Å². The molecule has 1 fully saturated rings. The fraction of sp³-hybridized carbons (Fsp3) is 0.381. The number of amides is 1. The van der Waals surface area contributed by atoms with E-state index in [0.29, 0.717) is 0 Å². The molecule has 0 saturated carbocycles. The zero-order valence-electron chi connectivity index (χ0n) is 15.1. The van der Waals surface area contributed by atoms with Crippen molar-refractivity contribution in [3.8, 4) is 5.75 Å². The second kappa shape index (κ2) is 7.70. The van der Waals surface area contributed by atoms with Crippen molar-refractivity contribution in [2.45, 2.75) is 19.3 Å². The molecule has 2 N–H and O–H groups in total. The number of rotatable bonds is 5. The summed E-state index contributed by atoms with van der Waals surface area (Å²) in [6.45, 7) is 8.13. The Labute approximate surface area is 149 Å². The van der Waals surface area contributed by atoms with Gasteiger partial charge in [-0.15, -0.1) is 0 Å². The highest BCUT2D eigenvalue weighted by Gasteiger charge is 2.23. The van der Waals surface area contributed by atoms with Gasteiger partial charge in [0.15, 0.2) is 6.61 Å². The Balaban J connectivity index is 1.61. The van der Waals surface area contributed by atoms with Crippen LogP contribution in [0.3, 0.4) is 0 Å². The highest BCUT2D eigenvalue weighted by atomic mass is 16.5. The predicted octanol–water partition coefficient (Wildman–Crippen LogP) is 1.80. The number of quaternary nitrogens is 1. The van der Waals surface area contributed by atoms with Gasteiger partial charge in [-0.1, -0.05) is 56.3 Å². The molecule has 4 nitrogen and oxygen atoms in total. The van der Waals surface area contributed by atoms with Crippen LogP contribution in [-0.4, -0.2) is 43.6 Å². The lowest BCUT2D eigenvalue weighted by atomic mass is 9.78. The van der Waals surface area contributed by atoms with Crippen molar-refractivity contribution < 1.29 is 14.8 Å². The first kappa shape index (κ1) is 17.5. The minimum atomic E-state index is -0.0695. The summed E-state index contributed by atoms with van der Waals surface area (Å²) in [4.78, 5) is 14.1. The molecule has 2 aromatic rings. The number of nitrogens with zero attached hydrogens (tertiary/aromatic N) is 1. The number of benzene rings is 2. The third kappa shape index (κ3) is 4.20. The summed E-state index contributed by atoms with van der Waals surface area (Å²) in [5.74, 6) is 0.811. The van der Waals surface area contributed by atoms with E-state index in [1.54, 1.807) is 0 Å². The van der Waals surface area contributed by atoms with Gasteiger partial charge in [0.05, 0.1) is 26.2 Å². The molecule has 4 heteroatoms. The summed E-state index contributed by atoms with van der Waals surface area (Å²) in [6, 6.07) is 18.6. The molecule has 3 rings (SSSR count). The Morgan fingerprint density at radius 3 is 2.24 bits per heavy atom. The van der Waals surface area contributed by atoms with Gasteiger partial charge in [-0.05, 0) is 23.3 Å². The van der Waals surface area contributed by atoms with Gasteiger partial charge in [0, 0.05) is 5.41 Å². The standard InChI is InChI=1S/C21H26N2O2/c1-21(2,17-6-4-3-5-7-17)18-8-10-19(11-9-18)25-16-20(24)23-14-12-22-13-15-23/h3-11,22H,12-16H2,1-2H3/p+1. The lowest BCUT2D eigenvalue weighted by Gasteiger charge is -2.26. The molecule has 0 unspecified atom stereocenters. The van der Waals surface area contributed by atoms with E-state index < -0.39 is 0 Å². The van der Waals surface area contributed by atoms with Crippen LogP contribution in [0.1, 0.15) is 25.0 Å². The Morgan fingerprint density at radius 2 is 1.60 bits per heavy atom. The quantitative estimate of drug-likeness (QED) is 0.903. The lowest BCUT2D eigenvalue weighted by molar-refractivity contribution is -0.662. The second-order valence-electron chi connectivity index (χ2n) is 7.05. The molecular weight excluding hydrogens is 312 g/mol. The number of nitrogens with two attached hydrogens (primary N) is 1. The van der Waals surface area contributed by atoms with Gasteiger partial charge >= 0.3 is 0 Å². The molecule has 1 heterocycles. The molecule has 2 aromatic carbocycles. The molecular formula is C21H27N2O2+. The van der Waals surface area contributed by atoms with Crippen molar-refractivity contribution in [2.24, 2.45) is 0 Å². The zero-order chi connectivity index (χ0) is 17.7. The number of carbonyl (C=O) groups is 1. The predicted molar refractivity (Wildman–Crippen MR) is 98.7 cm³/mol. The fourth-order valence-corrected chi connectivity index (χ4v) is 3.23. The van der Waals surface area contributed by atoms with Crippen LogP contribution in [0.4, 0.5) is 0 Å². The van der Waals surface area contributed by atoms with E-state index in [9.17, 15) is 4.79 Å². The molecule has 0 spiro atoms. The van der Waals surface area contributed by atoms with Gasteiger partial charge in [0.25, 0.3) is 5.91 Å². The molecule has 1 aliphatic rings. The summed E-state index contributed by atoms with van der Waals surface area (Å²) in [7, 11) is 0. The number of hydrogen-bond donors (Lipinski definition) is 1. The van der Waals surface area contributed by atoms with E-state index in [-0.39, 0.29) is 17.9 Å². The van der Waals surface area contributed by atoms with Crippen molar-refractivity contribution in [2.75, 3.05) is 32.8 Å². The summed E-state index contributed by atoms with van der Waals surface area (Å²) in [5.41, 5.74) is 2.43. The summed E-state index contributed by atoms with van der Waals surface area (Å²) in [5, 5.41) is 2.23. The normalized spacial score (nSPS) is 15.0. The smallest absolute Gasteiger partial charge is 0.260 e. The van der Waals surface area contributed by atoms with Gasteiger partial charge in [0.2, 0.25) is 0 Å². The van der Waals surface area contributed by atoms with Gasteiger partial charge in [-0.2, -0.15) is 0 Å². The average Bonchev–Trinajstić information content (AvgIpc) is 2.68. The van der Waals surface area contributed by atoms with Crippen molar-refractivity contribution >= 4 is 5.91 Å². The Morgan fingerprint density at radius 1 is 1.00 bits per heavy atom. The molecule has 0 bridgehead atoms. The van der Waals surface area contributed by atoms with E-state index in [1.165, 1.54) is 11.1 Å².